The Labute approximate surface area is 253 Å². The molecule has 3 aromatic rings. The Morgan fingerprint density at radius 2 is 1.60 bits per heavy atom. The van der Waals surface area contributed by atoms with E-state index in [9.17, 15) is 18.0 Å². The van der Waals surface area contributed by atoms with Crippen LogP contribution in [0.3, 0.4) is 0 Å². The lowest BCUT2D eigenvalue weighted by Crippen LogP contribution is -2.45. The summed E-state index contributed by atoms with van der Waals surface area (Å²) in [6, 6.07) is 23.7. The van der Waals surface area contributed by atoms with Gasteiger partial charge in [-0.05, 0) is 48.7 Å². The van der Waals surface area contributed by atoms with Gasteiger partial charge in [0.25, 0.3) is 5.91 Å². The lowest BCUT2D eigenvalue weighted by Gasteiger charge is -2.31. The maximum absolute atomic E-state index is 13.8. The first-order chi connectivity index (χ1) is 20.9. The van der Waals surface area contributed by atoms with Crippen molar-refractivity contribution in [3.05, 3.63) is 96.1 Å². The minimum atomic E-state index is -3.65. The first-order valence-electron chi connectivity index (χ1n) is 14.4. The van der Waals surface area contributed by atoms with Crippen molar-refractivity contribution >= 4 is 21.8 Å². The second-order valence-electron chi connectivity index (χ2n) is 9.94. The first kappa shape index (κ1) is 32.2. The Morgan fingerprint density at radius 1 is 0.953 bits per heavy atom. The van der Waals surface area contributed by atoms with Crippen LogP contribution < -0.4 is 10.1 Å². The number of nitrogens with one attached hydrogen (secondary N) is 1. The highest BCUT2D eigenvalue weighted by atomic mass is 32.2. The Balaban J connectivity index is 1.51. The average molecular weight is 610 g/mol. The summed E-state index contributed by atoms with van der Waals surface area (Å²) in [4.78, 5) is 29.0. The summed E-state index contributed by atoms with van der Waals surface area (Å²) in [5.41, 5.74) is 1.53. The molecule has 11 heteroatoms. The highest BCUT2D eigenvalue weighted by Gasteiger charge is 2.32. The predicted octanol–water partition coefficient (Wildman–Crippen LogP) is 3.40. The number of benzene rings is 3. The fraction of sp³-hybridized carbons (Fsp3) is 0.375. The van der Waals surface area contributed by atoms with Crippen molar-refractivity contribution in [2.24, 2.45) is 0 Å². The van der Waals surface area contributed by atoms with Crippen LogP contribution in [0.4, 0.5) is 0 Å². The van der Waals surface area contributed by atoms with Crippen molar-refractivity contribution in [3.8, 4) is 5.75 Å². The predicted molar refractivity (Wildman–Crippen MR) is 162 cm³/mol. The van der Waals surface area contributed by atoms with Crippen molar-refractivity contribution in [2.75, 3.05) is 52.7 Å². The molecule has 1 fully saturated rings. The molecule has 43 heavy (non-hydrogen) atoms. The minimum absolute atomic E-state index is 0.143. The molecule has 0 saturated carbocycles. The van der Waals surface area contributed by atoms with Crippen molar-refractivity contribution < 1.29 is 32.2 Å². The third-order valence-corrected chi connectivity index (χ3v) is 8.87. The largest absolute Gasteiger partial charge is 0.484 e. The second kappa shape index (κ2) is 16.2. The van der Waals surface area contributed by atoms with E-state index in [-0.39, 0.29) is 24.0 Å². The van der Waals surface area contributed by atoms with E-state index in [1.807, 2.05) is 67.6 Å². The van der Waals surface area contributed by atoms with E-state index in [0.717, 1.165) is 5.56 Å². The van der Waals surface area contributed by atoms with Crippen molar-refractivity contribution in [1.29, 1.82) is 0 Å². The molecule has 2 amide bonds. The van der Waals surface area contributed by atoms with Crippen LogP contribution in [0.1, 0.15) is 30.5 Å². The number of rotatable bonds is 15. The molecule has 3 aromatic carbocycles. The Bertz CT molecular complexity index is 1400. The van der Waals surface area contributed by atoms with Gasteiger partial charge in [0, 0.05) is 39.4 Å². The number of carbonyl (C=O) groups excluding carboxylic acids is 2. The lowest BCUT2D eigenvalue weighted by molar-refractivity contribution is -0.143. The van der Waals surface area contributed by atoms with E-state index in [4.69, 9.17) is 14.2 Å². The zero-order valence-electron chi connectivity index (χ0n) is 24.4. The van der Waals surface area contributed by atoms with Gasteiger partial charge in [-0.2, -0.15) is 4.31 Å². The molecule has 4 rings (SSSR count). The molecular weight excluding hydrogens is 570 g/mol. The molecule has 230 valence electrons. The highest BCUT2D eigenvalue weighted by Crippen LogP contribution is 2.25. The zero-order valence-corrected chi connectivity index (χ0v) is 25.2. The van der Waals surface area contributed by atoms with Gasteiger partial charge >= 0.3 is 0 Å². The summed E-state index contributed by atoms with van der Waals surface area (Å²) in [5, 5.41) is 2.96. The van der Waals surface area contributed by atoms with Gasteiger partial charge in [0.2, 0.25) is 15.9 Å². The fourth-order valence-corrected chi connectivity index (χ4v) is 6.12. The Kier molecular flexibility index (Phi) is 12.1. The standard InChI is InChI=1S/C32H39N3O7S/c1-2-40-21-9-18-33-32(37)31(27-12-7-4-8-13-27)35(24-26-10-5-3-6-11-26)30(36)25-42-28-14-16-29(17-15-28)43(38,39)34-19-22-41-23-20-34/h3-8,10-17,31H,2,9,18-25H2,1H3,(H,33,37)/t31-/m1/s1. The molecule has 0 spiro atoms. The number of carbonyl (C=O) groups is 2. The van der Waals surface area contributed by atoms with Crippen LogP contribution >= 0.6 is 0 Å². The third kappa shape index (κ3) is 9.11. The summed E-state index contributed by atoms with van der Waals surface area (Å²) in [6.45, 7) is 4.62. The lowest BCUT2D eigenvalue weighted by atomic mass is 10.0. The second-order valence-corrected chi connectivity index (χ2v) is 11.9. The molecule has 0 bridgehead atoms. The van der Waals surface area contributed by atoms with Crippen molar-refractivity contribution in [1.82, 2.24) is 14.5 Å². The van der Waals surface area contributed by atoms with Crippen molar-refractivity contribution in [2.45, 2.75) is 30.8 Å². The van der Waals surface area contributed by atoms with E-state index >= 15 is 0 Å². The van der Waals surface area contributed by atoms with Crippen LogP contribution in [-0.2, 0) is 35.6 Å². The quantitative estimate of drug-likeness (QED) is 0.263. The van der Waals surface area contributed by atoms with E-state index in [2.05, 4.69) is 5.32 Å². The molecule has 1 heterocycles. The number of morpholine rings is 1. The minimum Gasteiger partial charge on any atom is -0.484 e. The van der Waals surface area contributed by atoms with Gasteiger partial charge in [0.1, 0.15) is 11.8 Å². The molecule has 0 radical (unpaired) electrons. The van der Waals surface area contributed by atoms with Gasteiger partial charge in [-0.25, -0.2) is 8.42 Å². The van der Waals surface area contributed by atoms with E-state index < -0.39 is 22.0 Å². The molecule has 0 unspecified atom stereocenters. The number of amides is 2. The van der Waals surface area contributed by atoms with E-state index in [0.29, 0.717) is 63.8 Å². The first-order valence-corrected chi connectivity index (χ1v) is 15.9. The SMILES string of the molecule is CCOCCCNC(=O)[C@@H](c1ccccc1)N(Cc1ccccc1)C(=O)COc1ccc(S(=O)(=O)N2CCOCC2)cc1. The van der Waals surface area contributed by atoms with Gasteiger partial charge in [-0.3, -0.25) is 9.59 Å². The van der Waals surface area contributed by atoms with Gasteiger partial charge in [-0.1, -0.05) is 60.7 Å². The monoisotopic (exact) mass is 609 g/mol. The number of hydrogen-bond donors (Lipinski definition) is 1. The molecule has 1 aliphatic heterocycles. The number of ether oxygens (including phenoxy) is 3. The van der Waals surface area contributed by atoms with Crippen LogP contribution in [-0.4, -0.2) is 82.1 Å². The molecule has 1 aliphatic rings. The topological polar surface area (TPSA) is 114 Å². The maximum atomic E-state index is 13.8. The number of nitrogens with zero attached hydrogens (tertiary/aromatic N) is 2. The Hall–Kier alpha value is -3.77. The van der Waals surface area contributed by atoms with Gasteiger partial charge in [0.05, 0.1) is 18.1 Å². The summed E-state index contributed by atoms with van der Waals surface area (Å²) in [5.74, 6) is -0.359. The van der Waals surface area contributed by atoms with Crippen LogP contribution in [0.5, 0.6) is 5.75 Å². The molecule has 0 aliphatic carbocycles. The third-order valence-electron chi connectivity index (χ3n) is 6.95. The maximum Gasteiger partial charge on any atom is 0.261 e. The Morgan fingerprint density at radius 3 is 2.26 bits per heavy atom. The van der Waals surface area contributed by atoms with Gasteiger partial charge in [0.15, 0.2) is 6.61 Å². The van der Waals surface area contributed by atoms with Gasteiger partial charge < -0.3 is 24.4 Å². The van der Waals surface area contributed by atoms with Crippen molar-refractivity contribution in [3.63, 3.8) is 0 Å². The number of sulfonamides is 1. The normalized spacial score (nSPS) is 14.5. The molecule has 1 saturated heterocycles. The van der Waals surface area contributed by atoms with E-state index in [1.54, 1.807) is 0 Å². The van der Waals surface area contributed by atoms with Crippen LogP contribution in [0.2, 0.25) is 0 Å². The highest BCUT2D eigenvalue weighted by molar-refractivity contribution is 7.89. The van der Waals surface area contributed by atoms with Crippen LogP contribution in [0.15, 0.2) is 89.8 Å². The summed E-state index contributed by atoms with van der Waals surface area (Å²) >= 11 is 0. The molecular formula is C32H39N3O7S. The summed E-state index contributed by atoms with van der Waals surface area (Å²) < 4.78 is 43.8. The van der Waals surface area contributed by atoms with Gasteiger partial charge in [-0.15, -0.1) is 0 Å². The average Bonchev–Trinajstić information content (AvgIpc) is 3.05. The smallest absolute Gasteiger partial charge is 0.261 e. The number of hydrogen-bond acceptors (Lipinski definition) is 7. The molecule has 1 N–H and O–H groups in total. The van der Waals surface area contributed by atoms with Crippen LogP contribution in [0, 0.1) is 0 Å². The summed E-state index contributed by atoms with van der Waals surface area (Å²) in [6.07, 6.45) is 0.647. The van der Waals surface area contributed by atoms with Crippen LogP contribution in [0.25, 0.3) is 0 Å². The summed E-state index contributed by atoms with van der Waals surface area (Å²) in [7, 11) is -3.65. The molecule has 10 nitrogen and oxygen atoms in total. The molecule has 0 aromatic heterocycles. The zero-order chi connectivity index (χ0) is 30.5. The van der Waals surface area contributed by atoms with E-state index in [1.165, 1.54) is 33.5 Å². The molecule has 1 atom stereocenters. The fourth-order valence-electron chi connectivity index (χ4n) is 4.71.